The van der Waals surface area contributed by atoms with E-state index in [9.17, 15) is 0 Å². The summed E-state index contributed by atoms with van der Waals surface area (Å²) < 4.78 is 0. The molecule has 0 aromatic rings. The molecule has 0 radical (unpaired) electrons. The van der Waals surface area contributed by atoms with Gasteiger partial charge in [-0.3, -0.25) is 0 Å². The van der Waals surface area contributed by atoms with E-state index < -0.39 is 0 Å². The summed E-state index contributed by atoms with van der Waals surface area (Å²) >= 11 is 4.28. The van der Waals surface area contributed by atoms with E-state index in [-0.39, 0.29) is 0 Å². The summed E-state index contributed by atoms with van der Waals surface area (Å²) in [5.74, 6) is 3.81. The topological polar surface area (TPSA) is 26.0 Å². The van der Waals surface area contributed by atoms with E-state index in [0.717, 1.165) is 28.3 Å². The first-order chi connectivity index (χ1) is 8.49. The molecule has 2 aliphatic rings. The van der Waals surface area contributed by atoms with Crippen LogP contribution < -0.4 is 5.73 Å². The summed E-state index contributed by atoms with van der Waals surface area (Å²) in [6, 6.07) is 0.424. The summed E-state index contributed by atoms with van der Waals surface area (Å²) in [4.78, 5) is 0. The molecule has 1 nitrogen and oxygen atoms in total. The Morgan fingerprint density at radius 1 is 1.00 bits per heavy atom. The Hall–Kier alpha value is 0.660. The molecule has 18 heavy (non-hydrogen) atoms. The molecule has 1 aliphatic heterocycles. The molecular formula is C15H29NS2. The molecule has 2 N–H and O–H groups in total. The minimum atomic E-state index is 0.424. The van der Waals surface area contributed by atoms with Crippen molar-refractivity contribution in [3.8, 4) is 0 Å². The monoisotopic (exact) mass is 287 g/mol. The van der Waals surface area contributed by atoms with Crippen LogP contribution in [0.2, 0.25) is 0 Å². The summed E-state index contributed by atoms with van der Waals surface area (Å²) in [7, 11) is 0. The molecule has 1 saturated heterocycles. The Labute approximate surface area is 121 Å². The van der Waals surface area contributed by atoms with Crippen LogP contribution in [-0.4, -0.2) is 27.5 Å². The number of rotatable bonds is 2. The van der Waals surface area contributed by atoms with Crippen molar-refractivity contribution in [2.75, 3.05) is 5.75 Å². The predicted molar refractivity (Wildman–Crippen MR) is 86.4 cm³/mol. The second-order valence-corrected chi connectivity index (χ2v) is 9.55. The number of nitrogens with two attached hydrogens (primary N) is 1. The van der Waals surface area contributed by atoms with Gasteiger partial charge in [0.1, 0.15) is 0 Å². The van der Waals surface area contributed by atoms with Crippen LogP contribution in [0.25, 0.3) is 0 Å². The largest absolute Gasteiger partial charge is 0.326 e. The van der Waals surface area contributed by atoms with E-state index in [1.807, 2.05) is 0 Å². The second kappa shape index (κ2) is 6.41. The smallest absolute Gasteiger partial charge is 0.0295 e. The highest BCUT2D eigenvalue weighted by atomic mass is 32.2. The van der Waals surface area contributed by atoms with E-state index >= 15 is 0 Å². The molecule has 0 spiro atoms. The first-order valence-electron chi connectivity index (χ1n) is 7.51. The third kappa shape index (κ3) is 3.40. The molecular weight excluding hydrogens is 258 g/mol. The van der Waals surface area contributed by atoms with Crippen molar-refractivity contribution in [1.29, 1.82) is 0 Å². The molecule has 7 unspecified atom stereocenters. The summed E-state index contributed by atoms with van der Waals surface area (Å²) in [5.41, 5.74) is 6.60. The Morgan fingerprint density at radius 2 is 1.72 bits per heavy atom. The maximum absolute atomic E-state index is 6.60. The molecule has 106 valence electrons. The minimum absolute atomic E-state index is 0.424. The number of hydrogen-bond acceptors (Lipinski definition) is 3. The van der Waals surface area contributed by atoms with Gasteiger partial charge in [-0.2, -0.15) is 23.5 Å². The SMILES string of the molecule is CC1CCC(C(N)C2CSC(C)C(C)S2)CC1C. The third-order valence-electron chi connectivity index (χ3n) is 5.19. The highest BCUT2D eigenvalue weighted by molar-refractivity contribution is 8.07. The van der Waals surface area contributed by atoms with Crippen molar-refractivity contribution in [3.05, 3.63) is 0 Å². The van der Waals surface area contributed by atoms with Crippen LogP contribution in [0.1, 0.15) is 47.0 Å². The average molecular weight is 288 g/mol. The van der Waals surface area contributed by atoms with Crippen molar-refractivity contribution in [2.24, 2.45) is 23.5 Å². The van der Waals surface area contributed by atoms with Crippen LogP contribution in [0.4, 0.5) is 0 Å². The lowest BCUT2D eigenvalue weighted by atomic mass is 9.73. The fourth-order valence-corrected chi connectivity index (χ4v) is 6.39. The standard InChI is InChI=1S/C15H29NS2/c1-9-5-6-13(7-10(9)2)15(16)14-8-17-11(3)12(4)18-14/h9-15H,5-8,16H2,1-4H3. The number of thioether (sulfide) groups is 2. The summed E-state index contributed by atoms with van der Waals surface area (Å²) in [6.07, 6.45) is 4.10. The lowest BCUT2D eigenvalue weighted by Crippen LogP contribution is -2.46. The maximum atomic E-state index is 6.60. The predicted octanol–water partition coefficient (Wildman–Crippen LogP) is 4.01. The zero-order chi connectivity index (χ0) is 13.3. The van der Waals surface area contributed by atoms with Gasteiger partial charge < -0.3 is 5.73 Å². The van der Waals surface area contributed by atoms with Gasteiger partial charge in [-0.05, 0) is 30.6 Å². The first kappa shape index (κ1) is 15.1. The van der Waals surface area contributed by atoms with Crippen LogP contribution in [-0.2, 0) is 0 Å². The van der Waals surface area contributed by atoms with Crippen LogP contribution >= 0.6 is 23.5 Å². The van der Waals surface area contributed by atoms with Crippen molar-refractivity contribution >= 4 is 23.5 Å². The zero-order valence-corrected chi connectivity index (χ0v) is 13.9. The van der Waals surface area contributed by atoms with Gasteiger partial charge in [-0.1, -0.05) is 34.1 Å². The zero-order valence-electron chi connectivity index (χ0n) is 12.3. The van der Waals surface area contributed by atoms with Gasteiger partial charge in [0.25, 0.3) is 0 Å². The highest BCUT2D eigenvalue weighted by Crippen LogP contribution is 2.41. The van der Waals surface area contributed by atoms with Crippen molar-refractivity contribution in [2.45, 2.75) is 68.7 Å². The van der Waals surface area contributed by atoms with E-state index in [0.29, 0.717) is 11.3 Å². The highest BCUT2D eigenvalue weighted by Gasteiger charge is 2.36. The molecule has 0 bridgehead atoms. The molecule has 1 aliphatic carbocycles. The molecule has 2 fully saturated rings. The van der Waals surface area contributed by atoms with Gasteiger partial charge in [-0.25, -0.2) is 0 Å². The van der Waals surface area contributed by atoms with Crippen molar-refractivity contribution in [1.82, 2.24) is 0 Å². The van der Waals surface area contributed by atoms with Crippen molar-refractivity contribution in [3.63, 3.8) is 0 Å². The van der Waals surface area contributed by atoms with E-state index in [4.69, 9.17) is 5.73 Å². The third-order valence-corrected chi connectivity index (χ3v) is 8.72. The van der Waals surface area contributed by atoms with Gasteiger partial charge >= 0.3 is 0 Å². The molecule has 0 amide bonds. The van der Waals surface area contributed by atoms with Gasteiger partial charge in [0.2, 0.25) is 0 Å². The van der Waals surface area contributed by atoms with Crippen LogP contribution in [0.15, 0.2) is 0 Å². The Bertz CT molecular complexity index is 245. The van der Waals surface area contributed by atoms with E-state index in [1.165, 1.54) is 25.0 Å². The minimum Gasteiger partial charge on any atom is -0.326 e. The average Bonchev–Trinajstić information content (AvgIpc) is 2.35. The van der Waals surface area contributed by atoms with Gasteiger partial charge in [0.05, 0.1) is 0 Å². The van der Waals surface area contributed by atoms with E-state index in [2.05, 4.69) is 51.2 Å². The van der Waals surface area contributed by atoms with Gasteiger partial charge in [0, 0.05) is 27.5 Å². The van der Waals surface area contributed by atoms with Crippen LogP contribution in [0.5, 0.6) is 0 Å². The fraction of sp³-hybridized carbons (Fsp3) is 1.00. The molecule has 0 aromatic heterocycles. The molecule has 7 atom stereocenters. The van der Waals surface area contributed by atoms with E-state index in [1.54, 1.807) is 0 Å². The second-order valence-electron chi connectivity index (χ2n) is 6.52. The molecule has 0 aromatic carbocycles. The normalized spacial score (nSPS) is 47.8. The van der Waals surface area contributed by atoms with Crippen molar-refractivity contribution < 1.29 is 0 Å². The lowest BCUT2D eigenvalue weighted by molar-refractivity contribution is 0.185. The Kier molecular flexibility index (Phi) is 5.36. The molecule has 3 heteroatoms. The molecule has 1 saturated carbocycles. The fourth-order valence-electron chi connectivity index (χ4n) is 3.25. The first-order valence-corrected chi connectivity index (χ1v) is 9.50. The Morgan fingerprint density at radius 3 is 2.33 bits per heavy atom. The van der Waals surface area contributed by atoms with Crippen LogP contribution in [0.3, 0.4) is 0 Å². The lowest BCUT2D eigenvalue weighted by Gasteiger charge is -2.41. The summed E-state index contributed by atoms with van der Waals surface area (Å²) in [6.45, 7) is 9.54. The Balaban J connectivity index is 1.89. The molecule has 2 rings (SSSR count). The van der Waals surface area contributed by atoms with Crippen LogP contribution in [0, 0.1) is 17.8 Å². The summed E-state index contributed by atoms with van der Waals surface area (Å²) in [5, 5.41) is 2.25. The van der Waals surface area contributed by atoms with Gasteiger partial charge in [-0.15, -0.1) is 0 Å². The quantitative estimate of drug-likeness (QED) is 0.831. The maximum Gasteiger partial charge on any atom is 0.0295 e. The molecule has 1 heterocycles. The number of hydrogen-bond donors (Lipinski definition) is 1. The van der Waals surface area contributed by atoms with Gasteiger partial charge in [0.15, 0.2) is 0 Å².